The maximum atomic E-state index is 11.5. The summed E-state index contributed by atoms with van der Waals surface area (Å²) in [4.78, 5) is 24.1. The van der Waals surface area contributed by atoms with Gasteiger partial charge < -0.3 is 15.7 Å². The fourth-order valence-electron chi connectivity index (χ4n) is 2.14. The van der Waals surface area contributed by atoms with E-state index in [4.69, 9.17) is 5.11 Å². The molecule has 3 N–H and O–H groups in total. The molecule has 0 aromatic carbocycles. The van der Waals surface area contributed by atoms with Gasteiger partial charge in [0.05, 0.1) is 6.54 Å². The summed E-state index contributed by atoms with van der Waals surface area (Å²) in [5, 5.41) is 14.4. The molecule has 108 valence electrons. The number of hydrogen-bond acceptors (Lipinski definition) is 3. The molecule has 2 amide bonds. The highest BCUT2D eigenvalue weighted by Gasteiger charge is 2.34. The number of hydrogen-bond donors (Lipinski definition) is 3. The van der Waals surface area contributed by atoms with Crippen molar-refractivity contribution in [3.05, 3.63) is 12.2 Å². The summed E-state index contributed by atoms with van der Waals surface area (Å²) in [6, 6.07) is 0.207. The van der Waals surface area contributed by atoms with E-state index in [9.17, 15) is 9.59 Å². The Bertz CT molecular complexity index is 351. The van der Waals surface area contributed by atoms with Crippen molar-refractivity contribution in [2.45, 2.75) is 38.8 Å². The van der Waals surface area contributed by atoms with Crippen LogP contribution in [0.4, 0.5) is 4.79 Å². The number of aliphatic carboxylic acids is 1. The molecule has 6 heteroatoms. The molecule has 19 heavy (non-hydrogen) atoms. The Labute approximate surface area is 113 Å². The van der Waals surface area contributed by atoms with E-state index in [0.717, 1.165) is 18.4 Å². The highest BCUT2D eigenvalue weighted by Crippen LogP contribution is 2.25. The number of nitrogens with one attached hydrogen (secondary N) is 2. The van der Waals surface area contributed by atoms with Crippen LogP contribution in [0.2, 0.25) is 0 Å². The van der Waals surface area contributed by atoms with Gasteiger partial charge in [-0.2, -0.15) is 0 Å². The molecule has 0 heterocycles. The van der Waals surface area contributed by atoms with E-state index < -0.39 is 5.97 Å². The van der Waals surface area contributed by atoms with Crippen LogP contribution in [-0.4, -0.2) is 53.7 Å². The van der Waals surface area contributed by atoms with Crippen molar-refractivity contribution in [3.63, 3.8) is 0 Å². The number of rotatable bonds is 7. The lowest BCUT2D eigenvalue weighted by Crippen LogP contribution is -2.56. The predicted octanol–water partition coefficient (Wildman–Crippen LogP) is 0.799. The van der Waals surface area contributed by atoms with Crippen molar-refractivity contribution < 1.29 is 14.7 Å². The second kappa shape index (κ2) is 7.13. The molecule has 1 aliphatic rings. The molecular weight excluding hydrogens is 246 g/mol. The van der Waals surface area contributed by atoms with Gasteiger partial charge in [0.15, 0.2) is 0 Å². The molecule has 0 aromatic rings. The van der Waals surface area contributed by atoms with Crippen molar-refractivity contribution in [1.29, 1.82) is 0 Å². The van der Waals surface area contributed by atoms with E-state index in [1.807, 2.05) is 18.7 Å². The van der Waals surface area contributed by atoms with Crippen molar-refractivity contribution in [2.75, 3.05) is 19.6 Å². The standard InChI is InChI=1S/C13H23N3O3/c1-4-16(8-12(17)18)11-5-10(6-11)15-13(19)14-7-9(2)3/h10-11H,2,4-8H2,1,3H3,(H,17,18)(H2,14,15,19). The van der Waals surface area contributed by atoms with Crippen LogP contribution in [0.25, 0.3) is 0 Å². The van der Waals surface area contributed by atoms with Gasteiger partial charge in [-0.1, -0.05) is 19.1 Å². The molecule has 0 aromatic heterocycles. The zero-order valence-electron chi connectivity index (χ0n) is 11.6. The first-order valence-electron chi connectivity index (χ1n) is 6.57. The predicted molar refractivity (Wildman–Crippen MR) is 73.0 cm³/mol. The smallest absolute Gasteiger partial charge is 0.317 e. The number of carbonyl (C=O) groups is 2. The maximum absolute atomic E-state index is 11.5. The number of carbonyl (C=O) groups excluding carboxylic acids is 1. The fraction of sp³-hybridized carbons (Fsp3) is 0.692. The molecular formula is C13H23N3O3. The third kappa shape index (κ3) is 5.30. The Hall–Kier alpha value is -1.56. The number of carboxylic acid groups (broad SMARTS) is 1. The topological polar surface area (TPSA) is 81.7 Å². The second-order valence-corrected chi connectivity index (χ2v) is 5.06. The van der Waals surface area contributed by atoms with Crippen LogP contribution in [-0.2, 0) is 4.79 Å². The lowest BCUT2D eigenvalue weighted by molar-refractivity contribution is -0.139. The quantitative estimate of drug-likeness (QED) is 0.597. The Morgan fingerprint density at radius 1 is 1.42 bits per heavy atom. The fourth-order valence-corrected chi connectivity index (χ4v) is 2.14. The molecule has 0 aliphatic heterocycles. The highest BCUT2D eigenvalue weighted by atomic mass is 16.4. The number of amides is 2. The summed E-state index contributed by atoms with van der Waals surface area (Å²) in [5.41, 5.74) is 0.903. The number of likely N-dealkylation sites (N-methyl/N-ethyl adjacent to an activating group) is 1. The SMILES string of the molecule is C=C(C)CNC(=O)NC1CC(N(CC)CC(=O)O)C1. The van der Waals surface area contributed by atoms with E-state index in [2.05, 4.69) is 17.2 Å². The van der Waals surface area contributed by atoms with Crippen molar-refractivity contribution in [2.24, 2.45) is 0 Å². The van der Waals surface area contributed by atoms with Gasteiger partial charge >= 0.3 is 12.0 Å². The Morgan fingerprint density at radius 2 is 2.05 bits per heavy atom. The number of urea groups is 1. The van der Waals surface area contributed by atoms with E-state index in [1.165, 1.54) is 0 Å². The van der Waals surface area contributed by atoms with Crippen LogP contribution in [0.3, 0.4) is 0 Å². The monoisotopic (exact) mass is 269 g/mol. The van der Waals surface area contributed by atoms with Crippen molar-refractivity contribution >= 4 is 12.0 Å². The summed E-state index contributed by atoms with van der Waals surface area (Å²) in [7, 11) is 0. The minimum absolute atomic E-state index is 0.0652. The second-order valence-electron chi connectivity index (χ2n) is 5.06. The molecule has 0 saturated heterocycles. The van der Waals surface area contributed by atoms with E-state index in [0.29, 0.717) is 13.1 Å². The third-order valence-electron chi connectivity index (χ3n) is 3.26. The van der Waals surface area contributed by atoms with Crippen LogP contribution < -0.4 is 10.6 Å². The van der Waals surface area contributed by atoms with Crippen LogP contribution in [0, 0.1) is 0 Å². The average molecular weight is 269 g/mol. The molecule has 0 bridgehead atoms. The van der Waals surface area contributed by atoms with Gasteiger partial charge in [-0.25, -0.2) is 4.79 Å². The summed E-state index contributed by atoms with van der Waals surface area (Å²) in [6.45, 7) is 8.76. The molecule has 0 atom stereocenters. The normalized spacial score (nSPS) is 21.6. The first-order valence-corrected chi connectivity index (χ1v) is 6.57. The van der Waals surface area contributed by atoms with E-state index in [-0.39, 0.29) is 24.7 Å². The summed E-state index contributed by atoms with van der Waals surface area (Å²) in [5.74, 6) is -0.808. The zero-order valence-corrected chi connectivity index (χ0v) is 11.6. The first-order chi connectivity index (χ1) is 8.92. The summed E-state index contributed by atoms with van der Waals surface area (Å²) in [6.07, 6.45) is 1.61. The summed E-state index contributed by atoms with van der Waals surface area (Å²) < 4.78 is 0. The molecule has 1 rings (SSSR count). The van der Waals surface area contributed by atoms with Gasteiger partial charge in [-0.15, -0.1) is 0 Å². The van der Waals surface area contributed by atoms with Gasteiger partial charge in [0.25, 0.3) is 0 Å². The van der Waals surface area contributed by atoms with Crippen molar-refractivity contribution in [3.8, 4) is 0 Å². The molecule has 6 nitrogen and oxygen atoms in total. The molecule has 0 spiro atoms. The van der Waals surface area contributed by atoms with Gasteiger partial charge in [0.2, 0.25) is 0 Å². The van der Waals surface area contributed by atoms with E-state index >= 15 is 0 Å². The third-order valence-corrected chi connectivity index (χ3v) is 3.26. The molecule has 1 aliphatic carbocycles. The van der Waals surface area contributed by atoms with Crippen LogP contribution in [0.1, 0.15) is 26.7 Å². The van der Waals surface area contributed by atoms with Crippen LogP contribution >= 0.6 is 0 Å². The number of carboxylic acids is 1. The molecule has 0 unspecified atom stereocenters. The van der Waals surface area contributed by atoms with Gasteiger partial charge in [0.1, 0.15) is 0 Å². The van der Waals surface area contributed by atoms with Gasteiger partial charge in [0, 0.05) is 18.6 Å². The van der Waals surface area contributed by atoms with Gasteiger partial charge in [-0.3, -0.25) is 9.69 Å². The lowest BCUT2D eigenvalue weighted by atomic mass is 9.85. The average Bonchev–Trinajstić information content (AvgIpc) is 2.27. The van der Waals surface area contributed by atoms with Crippen molar-refractivity contribution in [1.82, 2.24) is 15.5 Å². The van der Waals surface area contributed by atoms with Crippen LogP contribution in [0.15, 0.2) is 12.2 Å². The minimum Gasteiger partial charge on any atom is -0.480 e. The lowest BCUT2D eigenvalue weighted by Gasteiger charge is -2.42. The minimum atomic E-state index is -0.808. The zero-order chi connectivity index (χ0) is 14.4. The Balaban J connectivity index is 2.23. The Morgan fingerprint density at radius 3 is 2.53 bits per heavy atom. The highest BCUT2D eigenvalue weighted by molar-refractivity contribution is 5.74. The number of nitrogens with zero attached hydrogens (tertiary/aromatic N) is 1. The largest absolute Gasteiger partial charge is 0.480 e. The first kappa shape index (κ1) is 15.5. The molecule has 1 saturated carbocycles. The van der Waals surface area contributed by atoms with E-state index in [1.54, 1.807) is 0 Å². The molecule has 0 radical (unpaired) electrons. The summed E-state index contributed by atoms with van der Waals surface area (Å²) >= 11 is 0. The Kier molecular flexibility index (Phi) is 5.82. The molecule has 1 fully saturated rings. The maximum Gasteiger partial charge on any atom is 0.317 e. The van der Waals surface area contributed by atoms with Crippen LogP contribution in [0.5, 0.6) is 0 Å². The van der Waals surface area contributed by atoms with Gasteiger partial charge in [-0.05, 0) is 26.3 Å².